The van der Waals surface area contributed by atoms with Gasteiger partial charge in [0.2, 0.25) is 15.9 Å². The monoisotopic (exact) mass is 429 g/mol. The summed E-state index contributed by atoms with van der Waals surface area (Å²) in [6.45, 7) is 6.56. The Kier molecular flexibility index (Phi) is 10.0. The summed E-state index contributed by atoms with van der Waals surface area (Å²) in [5.74, 6) is -0.840. The van der Waals surface area contributed by atoms with Crippen molar-refractivity contribution in [1.29, 1.82) is 0 Å². The number of thiocarbonyl (C=S) groups is 1. The number of carbonyl (C=O) groups is 2. The number of carbonyl (C=O) groups excluding carboxylic acids is 2. The number of nitrogens with one attached hydrogen (secondary N) is 2. The number of rotatable bonds is 10. The van der Waals surface area contributed by atoms with E-state index in [1.54, 1.807) is 26.0 Å². The zero-order valence-corrected chi connectivity index (χ0v) is 18.0. The van der Waals surface area contributed by atoms with Crippen molar-refractivity contribution in [2.24, 2.45) is 0 Å². The lowest BCUT2D eigenvalue weighted by Gasteiger charge is -2.18. The molecule has 0 fully saturated rings. The van der Waals surface area contributed by atoms with Crippen molar-refractivity contribution in [1.82, 2.24) is 9.62 Å². The van der Waals surface area contributed by atoms with Gasteiger partial charge in [-0.2, -0.15) is 4.31 Å². The van der Waals surface area contributed by atoms with Crippen LogP contribution in [0.4, 0.5) is 5.69 Å². The molecule has 8 nitrogen and oxygen atoms in total. The quantitative estimate of drug-likeness (QED) is 0.434. The van der Waals surface area contributed by atoms with Crippen LogP contribution < -0.4 is 10.6 Å². The second kappa shape index (κ2) is 11.7. The third kappa shape index (κ3) is 7.53. The molecule has 0 aliphatic rings. The number of sulfonamides is 1. The highest BCUT2D eigenvalue weighted by Crippen LogP contribution is 2.18. The van der Waals surface area contributed by atoms with Crippen LogP contribution in [0.3, 0.4) is 0 Å². The molecule has 10 heteroatoms. The van der Waals surface area contributed by atoms with Crippen LogP contribution in [0.2, 0.25) is 0 Å². The zero-order chi connectivity index (χ0) is 21.2. The first-order valence-electron chi connectivity index (χ1n) is 9.11. The molecule has 156 valence electrons. The molecule has 0 saturated carbocycles. The largest absolute Gasteiger partial charge is 0.466 e. The first kappa shape index (κ1) is 24.0. The van der Waals surface area contributed by atoms with Gasteiger partial charge in [-0.1, -0.05) is 20.8 Å². The van der Waals surface area contributed by atoms with Gasteiger partial charge >= 0.3 is 5.97 Å². The molecule has 0 spiro atoms. The molecule has 0 atom stereocenters. The molecule has 0 radical (unpaired) electrons. The number of anilines is 1. The highest BCUT2D eigenvalue weighted by atomic mass is 32.2. The van der Waals surface area contributed by atoms with Crippen LogP contribution in [0.15, 0.2) is 29.2 Å². The van der Waals surface area contributed by atoms with Crippen molar-refractivity contribution in [3.8, 4) is 0 Å². The summed E-state index contributed by atoms with van der Waals surface area (Å²) in [5, 5.41) is 5.34. The standard InChI is InChI=1S/C18H27N3O5S2/c1-4-13-26-17(23)12-11-16(22)20-18(27)19-14-7-9-15(10-8-14)28(24,25)21(5-2)6-3/h7-10H,4-6,11-13H2,1-3H3,(H2,19,20,22,27). The average molecular weight is 430 g/mol. The smallest absolute Gasteiger partial charge is 0.306 e. The molecule has 1 rings (SSSR count). The summed E-state index contributed by atoms with van der Waals surface area (Å²) in [6.07, 6.45) is 0.665. The number of nitrogens with zero attached hydrogens (tertiary/aromatic N) is 1. The van der Waals surface area contributed by atoms with Crippen molar-refractivity contribution >= 4 is 44.9 Å². The number of ether oxygens (including phenoxy) is 1. The van der Waals surface area contributed by atoms with Crippen LogP contribution in [0, 0.1) is 0 Å². The van der Waals surface area contributed by atoms with Crippen LogP contribution in [0.5, 0.6) is 0 Å². The Morgan fingerprint density at radius 1 is 1.07 bits per heavy atom. The van der Waals surface area contributed by atoms with Gasteiger partial charge in [0.15, 0.2) is 5.11 Å². The molecule has 0 aliphatic carbocycles. The number of hydrogen-bond donors (Lipinski definition) is 2. The number of amides is 1. The van der Waals surface area contributed by atoms with E-state index in [0.29, 0.717) is 25.4 Å². The summed E-state index contributed by atoms with van der Waals surface area (Å²) in [7, 11) is -3.53. The second-order valence-corrected chi connectivity index (χ2v) is 8.18. The fourth-order valence-corrected chi connectivity index (χ4v) is 3.97. The van der Waals surface area contributed by atoms with Crippen molar-refractivity contribution in [2.75, 3.05) is 25.0 Å². The van der Waals surface area contributed by atoms with E-state index < -0.39 is 21.9 Å². The van der Waals surface area contributed by atoms with Crippen LogP contribution in [0.1, 0.15) is 40.0 Å². The van der Waals surface area contributed by atoms with E-state index in [1.165, 1.54) is 16.4 Å². The average Bonchev–Trinajstić information content (AvgIpc) is 2.65. The molecule has 28 heavy (non-hydrogen) atoms. The lowest BCUT2D eigenvalue weighted by Crippen LogP contribution is -2.34. The Bertz CT molecular complexity index is 775. The molecule has 0 aliphatic heterocycles. The summed E-state index contributed by atoms with van der Waals surface area (Å²) in [6, 6.07) is 6.09. The third-order valence-electron chi connectivity index (χ3n) is 3.73. The Labute approximate surface area is 171 Å². The molecular weight excluding hydrogens is 402 g/mol. The highest BCUT2D eigenvalue weighted by molar-refractivity contribution is 7.89. The van der Waals surface area contributed by atoms with Gasteiger partial charge in [-0.05, 0) is 42.9 Å². The van der Waals surface area contributed by atoms with Crippen LogP contribution >= 0.6 is 12.2 Å². The molecule has 1 aromatic rings. The molecule has 2 N–H and O–H groups in total. The van der Waals surface area contributed by atoms with Gasteiger partial charge in [-0.25, -0.2) is 8.42 Å². The van der Waals surface area contributed by atoms with Crippen molar-refractivity contribution in [3.05, 3.63) is 24.3 Å². The van der Waals surface area contributed by atoms with E-state index >= 15 is 0 Å². The van der Waals surface area contributed by atoms with E-state index in [4.69, 9.17) is 17.0 Å². The fraction of sp³-hybridized carbons (Fsp3) is 0.500. The SMILES string of the molecule is CCCOC(=O)CCC(=O)NC(=S)Nc1ccc(S(=O)(=O)N(CC)CC)cc1. The minimum Gasteiger partial charge on any atom is -0.466 e. The first-order chi connectivity index (χ1) is 13.2. The summed E-state index contributed by atoms with van der Waals surface area (Å²) in [5.41, 5.74) is 0.533. The summed E-state index contributed by atoms with van der Waals surface area (Å²) >= 11 is 5.06. The normalized spacial score (nSPS) is 11.1. The van der Waals surface area contributed by atoms with Gasteiger partial charge in [0, 0.05) is 25.2 Å². The van der Waals surface area contributed by atoms with Gasteiger partial charge in [0.1, 0.15) is 0 Å². The molecule has 0 unspecified atom stereocenters. The fourth-order valence-electron chi connectivity index (χ4n) is 2.28. The predicted octanol–water partition coefficient (Wildman–Crippen LogP) is 2.26. The van der Waals surface area contributed by atoms with Gasteiger partial charge in [0.05, 0.1) is 17.9 Å². The van der Waals surface area contributed by atoms with Crippen LogP contribution in [0.25, 0.3) is 0 Å². The Morgan fingerprint density at radius 3 is 2.21 bits per heavy atom. The molecule has 0 bridgehead atoms. The molecule has 1 amide bonds. The minimum atomic E-state index is -3.53. The van der Waals surface area contributed by atoms with Gasteiger partial charge < -0.3 is 15.4 Å². The Balaban J connectivity index is 2.57. The topological polar surface area (TPSA) is 105 Å². The molecule has 0 saturated heterocycles. The highest BCUT2D eigenvalue weighted by Gasteiger charge is 2.21. The lowest BCUT2D eigenvalue weighted by molar-refractivity contribution is -0.144. The maximum absolute atomic E-state index is 12.5. The molecule has 1 aromatic carbocycles. The first-order valence-corrected chi connectivity index (χ1v) is 11.0. The number of esters is 1. The molecule has 0 heterocycles. The lowest BCUT2D eigenvalue weighted by atomic mass is 10.3. The molecular formula is C18H27N3O5S2. The van der Waals surface area contributed by atoms with E-state index in [1.807, 2.05) is 6.92 Å². The predicted molar refractivity (Wildman–Crippen MR) is 111 cm³/mol. The summed E-state index contributed by atoms with van der Waals surface area (Å²) < 4.78 is 31.2. The van der Waals surface area contributed by atoms with Crippen LogP contribution in [-0.4, -0.2) is 49.4 Å². The van der Waals surface area contributed by atoms with Gasteiger partial charge in [-0.3, -0.25) is 9.59 Å². The Morgan fingerprint density at radius 2 is 1.68 bits per heavy atom. The zero-order valence-electron chi connectivity index (χ0n) is 16.4. The van der Waals surface area contributed by atoms with Crippen molar-refractivity contribution < 1.29 is 22.7 Å². The number of benzene rings is 1. The van der Waals surface area contributed by atoms with Crippen molar-refractivity contribution in [3.63, 3.8) is 0 Å². The number of hydrogen-bond acceptors (Lipinski definition) is 6. The van der Waals surface area contributed by atoms with Gasteiger partial charge in [0.25, 0.3) is 0 Å². The van der Waals surface area contributed by atoms with E-state index in [2.05, 4.69) is 10.6 Å². The van der Waals surface area contributed by atoms with Gasteiger partial charge in [-0.15, -0.1) is 0 Å². The molecule has 0 aromatic heterocycles. The maximum atomic E-state index is 12.5. The second-order valence-electron chi connectivity index (χ2n) is 5.84. The Hall–Kier alpha value is -2.04. The van der Waals surface area contributed by atoms with Crippen molar-refractivity contribution in [2.45, 2.75) is 44.9 Å². The van der Waals surface area contributed by atoms with E-state index in [0.717, 1.165) is 6.42 Å². The third-order valence-corrected chi connectivity index (χ3v) is 6.00. The maximum Gasteiger partial charge on any atom is 0.306 e. The van der Waals surface area contributed by atoms with Crippen LogP contribution in [-0.2, 0) is 24.3 Å². The van der Waals surface area contributed by atoms with E-state index in [9.17, 15) is 18.0 Å². The summed E-state index contributed by atoms with van der Waals surface area (Å²) in [4.78, 5) is 23.4. The van der Waals surface area contributed by atoms with E-state index in [-0.39, 0.29) is 22.8 Å². The minimum absolute atomic E-state index is 0.0215.